The summed E-state index contributed by atoms with van der Waals surface area (Å²) in [4.78, 5) is 18.6. The average Bonchev–Trinajstić information content (AvgIpc) is 3.05. The molecule has 2 N–H and O–H groups in total. The second-order valence-corrected chi connectivity index (χ2v) is 8.18. The van der Waals surface area contributed by atoms with E-state index in [0.29, 0.717) is 18.4 Å². The zero-order chi connectivity index (χ0) is 17.8. The Morgan fingerprint density at radius 2 is 2.15 bits per heavy atom. The van der Waals surface area contributed by atoms with E-state index in [-0.39, 0.29) is 17.8 Å². The molecule has 138 valence electrons. The summed E-state index contributed by atoms with van der Waals surface area (Å²) in [5, 5.41) is 11.8. The van der Waals surface area contributed by atoms with Crippen molar-refractivity contribution in [3.8, 4) is 0 Å². The van der Waals surface area contributed by atoms with E-state index >= 15 is 0 Å². The van der Waals surface area contributed by atoms with E-state index in [1.165, 1.54) is 29.3 Å². The second kappa shape index (κ2) is 6.10. The summed E-state index contributed by atoms with van der Waals surface area (Å²) in [5.41, 5.74) is 3.96. The molecule has 0 bridgehead atoms. The first-order valence-electron chi connectivity index (χ1n) is 9.76. The molecule has 26 heavy (non-hydrogen) atoms. The van der Waals surface area contributed by atoms with Crippen molar-refractivity contribution in [1.82, 2.24) is 9.88 Å². The first kappa shape index (κ1) is 16.3. The van der Waals surface area contributed by atoms with Crippen LogP contribution in [-0.2, 0) is 16.0 Å². The van der Waals surface area contributed by atoms with Crippen LogP contribution in [0, 0.1) is 17.8 Å². The third-order valence-electron chi connectivity index (χ3n) is 7.02. The number of hydrogen-bond acceptors (Lipinski definition) is 4. The van der Waals surface area contributed by atoms with Crippen LogP contribution in [0.3, 0.4) is 0 Å². The zero-order valence-corrected chi connectivity index (χ0v) is 15.1. The maximum atomic E-state index is 12.4. The van der Waals surface area contributed by atoms with E-state index < -0.39 is 6.10 Å². The van der Waals surface area contributed by atoms with Crippen LogP contribution in [0.15, 0.2) is 24.3 Å². The second-order valence-electron chi connectivity index (χ2n) is 8.18. The standard InChI is InChI=1S/C21H26N2O3/c1-26-21(25)19-15-10-17-20-14(13-4-2-3-5-16(13)22-20)8-9-23(17)11-12(15)6-7-18(19)24/h2-5,12,15,17-19,22,24H,6-11H2,1H3/t12-,15+,17+,18+,19-/m1/s1. The molecule has 3 aliphatic rings. The highest BCUT2D eigenvalue weighted by atomic mass is 16.5. The molecule has 5 heteroatoms. The fourth-order valence-electron chi connectivity index (χ4n) is 5.80. The monoisotopic (exact) mass is 354 g/mol. The van der Waals surface area contributed by atoms with Crippen molar-refractivity contribution < 1.29 is 14.6 Å². The molecule has 2 aromatic rings. The fourth-order valence-corrected chi connectivity index (χ4v) is 5.80. The van der Waals surface area contributed by atoms with Gasteiger partial charge in [0, 0.05) is 29.7 Å². The molecular weight excluding hydrogens is 328 g/mol. The summed E-state index contributed by atoms with van der Waals surface area (Å²) in [6.45, 7) is 2.10. The van der Waals surface area contributed by atoms with Gasteiger partial charge in [0.15, 0.2) is 0 Å². The van der Waals surface area contributed by atoms with Crippen molar-refractivity contribution in [2.45, 2.75) is 37.8 Å². The van der Waals surface area contributed by atoms with Gasteiger partial charge in [-0.3, -0.25) is 9.69 Å². The van der Waals surface area contributed by atoms with E-state index in [1.807, 2.05) is 0 Å². The number of H-pyrrole nitrogens is 1. The van der Waals surface area contributed by atoms with Gasteiger partial charge in [0.25, 0.3) is 0 Å². The molecule has 0 radical (unpaired) electrons. The first-order valence-corrected chi connectivity index (χ1v) is 9.76. The van der Waals surface area contributed by atoms with Crippen LogP contribution in [0.25, 0.3) is 10.9 Å². The predicted molar refractivity (Wildman–Crippen MR) is 98.7 cm³/mol. The molecule has 1 saturated heterocycles. The van der Waals surface area contributed by atoms with Crippen molar-refractivity contribution >= 4 is 16.9 Å². The Bertz CT molecular complexity index is 845. The lowest BCUT2D eigenvalue weighted by Gasteiger charge is -2.50. The Hall–Kier alpha value is -1.85. The van der Waals surface area contributed by atoms with Crippen molar-refractivity contribution in [2.24, 2.45) is 17.8 Å². The minimum Gasteiger partial charge on any atom is -0.469 e. The summed E-state index contributed by atoms with van der Waals surface area (Å²) < 4.78 is 5.04. The van der Waals surface area contributed by atoms with Crippen molar-refractivity contribution in [3.05, 3.63) is 35.5 Å². The molecular formula is C21H26N2O3. The van der Waals surface area contributed by atoms with Gasteiger partial charge < -0.3 is 14.8 Å². The minimum absolute atomic E-state index is 0.199. The highest BCUT2D eigenvalue weighted by molar-refractivity contribution is 5.85. The lowest BCUT2D eigenvalue weighted by atomic mass is 9.65. The van der Waals surface area contributed by atoms with Gasteiger partial charge in [0.1, 0.15) is 0 Å². The number of piperidine rings is 1. The number of methoxy groups -OCH3 is 1. The average molecular weight is 354 g/mol. The number of benzene rings is 1. The van der Waals surface area contributed by atoms with E-state index in [2.05, 4.69) is 34.1 Å². The lowest BCUT2D eigenvalue weighted by Crippen LogP contribution is -2.53. The Morgan fingerprint density at radius 1 is 1.31 bits per heavy atom. The third kappa shape index (κ3) is 2.33. The lowest BCUT2D eigenvalue weighted by molar-refractivity contribution is -0.160. The van der Waals surface area contributed by atoms with Crippen molar-refractivity contribution in [1.29, 1.82) is 0 Å². The molecule has 0 amide bonds. The summed E-state index contributed by atoms with van der Waals surface area (Å²) >= 11 is 0. The topological polar surface area (TPSA) is 65.6 Å². The number of carbonyl (C=O) groups is 1. The van der Waals surface area contributed by atoms with Crippen LogP contribution in [0.5, 0.6) is 0 Å². The SMILES string of the molecule is COC(=O)[C@@H]1[C@H]2C[C@H]3c4[nH]c5ccccc5c4CCN3C[C@H]2CC[C@@H]1O. The number of ether oxygens (including phenoxy) is 1. The van der Waals surface area contributed by atoms with Crippen LogP contribution in [0.2, 0.25) is 0 Å². The number of aliphatic hydroxyl groups is 1. The van der Waals surface area contributed by atoms with Gasteiger partial charge in [-0.15, -0.1) is 0 Å². The van der Waals surface area contributed by atoms with E-state index in [0.717, 1.165) is 32.4 Å². The summed E-state index contributed by atoms with van der Waals surface area (Å²) in [5.74, 6) is 0.0541. The highest BCUT2D eigenvalue weighted by Crippen LogP contribution is 2.49. The molecule has 5 nitrogen and oxygen atoms in total. The number of esters is 1. The van der Waals surface area contributed by atoms with Gasteiger partial charge in [0.05, 0.1) is 25.2 Å². The molecule has 3 heterocycles. The number of nitrogens with zero attached hydrogens (tertiary/aromatic N) is 1. The number of aromatic amines is 1. The Balaban J connectivity index is 1.52. The number of para-hydroxylation sites is 1. The van der Waals surface area contributed by atoms with E-state index in [4.69, 9.17) is 4.74 Å². The number of rotatable bonds is 1. The number of aromatic nitrogens is 1. The number of nitrogens with one attached hydrogen (secondary N) is 1. The molecule has 1 saturated carbocycles. The first-order chi connectivity index (χ1) is 12.7. The summed E-state index contributed by atoms with van der Waals surface area (Å²) in [7, 11) is 1.43. The van der Waals surface area contributed by atoms with E-state index in [1.54, 1.807) is 0 Å². The van der Waals surface area contributed by atoms with E-state index in [9.17, 15) is 9.90 Å². The van der Waals surface area contributed by atoms with Crippen LogP contribution in [-0.4, -0.2) is 47.3 Å². The molecule has 5 atom stereocenters. The minimum atomic E-state index is -0.568. The maximum Gasteiger partial charge on any atom is 0.311 e. The summed E-state index contributed by atoms with van der Waals surface area (Å²) in [6, 6.07) is 8.83. The van der Waals surface area contributed by atoms with Crippen LogP contribution < -0.4 is 0 Å². The zero-order valence-electron chi connectivity index (χ0n) is 15.1. The smallest absolute Gasteiger partial charge is 0.311 e. The van der Waals surface area contributed by atoms with Crippen LogP contribution >= 0.6 is 0 Å². The van der Waals surface area contributed by atoms with Gasteiger partial charge in [0.2, 0.25) is 0 Å². The molecule has 2 aliphatic heterocycles. The van der Waals surface area contributed by atoms with Crippen LogP contribution in [0.4, 0.5) is 0 Å². The number of carbonyl (C=O) groups excluding carboxylic acids is 1. The Kier molecular flexibility index (Phi) is 3.83. The fraction of sp³-hybridized carbons (Fsp3) is 0.571. The highest BCUT2D eigenvalue weighted by Gasteiger charge is 2.49. The predicted octanol–water partition coefficient (Wildman–Crippen LogP) is 2.65. The third-order valence-corrected chi connectivity index (χ3v) is 7.02. The molecule has 1 aromatic carbocycles. The molecule has 1 aromatic heterocycles. The number of aliphatic hydroxyl groups excluding tert-OH is 1. The summed E-state index contributed by atoms with van der Waals surface area (Å²) in [6.07, 6.45) is 3.14. The Labute approximate surface area is 153 Å². The van der Waals surface area contributed by atoms with Gasteiger partial charge >= 0.3 is 5.97 Å². The maximum absolute atomic E-state index is 12.4. The molecule has 2 fully saturated rings. The van der Waals surface area contributed by atoms with Crippen molar-refractivity contribution in [3.63, 3.8) is 0 Å². The van der Waals surface area contributed by atoms with Crippen LogP contribution in [0.1, 0.15) is 36.6 Å². The quantitative estimate of drug-likeness (QED) is 0.773. The van der Waals surface area contributed by atoms with Crippen molar-refractivity contribution in [2.75, 3.05) is 20.2 Å². The largest absolute Gasteiger partial charge is 0.469 e. The Morgan fingerprint density at radius 3 is 3.00 bits per heavy atom. The molecule has 0 unspecified atom stereocenters. The molecule has 0 spiro atoms. The van der Waals surface area contributed by atoms with Gasteiger partial charge in [-0.05, 0) is 49.1 Å². The number of fused-ring (bicyclic) bond motifs is 6. The van der Waals surface area contributed by atoms with Gasteiger partial charge in [-0.2, -0.15) is 0 Å². The van der Waals surface area contributed by atoms with Gasteiger partial charge in [-0.1, -0.05) is 18.2 Å². The number of hydrogen-bond donors (Lipinski definition) is 2. The van der Waals surface area contributed by atoms with Gasteiger partial charge in [-0.25, -0.2) is 0 Å². The normalized spacial score (nSPS) is 34.0. The molecule has 1 aliphatic carbocycles. The molecule has 5 rings (SSSR count).